The molecule has 0 bridgehead atoms. The van der Waals surface area contributed by atoms with Crippen LogP contribution in [0.5, 0.6) is 5.75 Å². The van der Waals surface area contributed by atoms with Crippen LogP contribution in [-0.4, -0.2) is 37.2 Å². The van der Waals surface area contributed by atoms with Gasteiger partial charge in [0.2, 0.25) is 6.29 Å². The molecule has 2 rings (SSSR count). The number of fused-ring (bicyclic) bond motifs is 1. The van der Waals surface area contributed by atoms with Crippen molar-refractivity contribution in [2.45, 2.75) is 38.5 Å². The molecule has 7 heteroatoms. The monoisotopic (exact) mass is 339 g/mol. The molecule has 6 nitrogen and oxygen atoms in total. The Morgan fingerprint density at radius 2 is 2.17 bits per heavy atom. The van der Waals surface area contributed by atoms with Crippen LogP contribution in [0.4, 0.5) is 0 Å². The van der Waals surface area contributed by atoms with Crippen molar-refractivity contribution < 1.29 is 22.4 Å². The summed E-state index contributed by atoms with van der Waals surface area (Å²) in [6, 6.07) is 4.33. The number of hydrogen-bond acceptors (Lipinski definition) is 4. The Labute approximate surface area is 137 Å². The van der Waals surface area contributed by atoms with Crippen LogP contribution >= 0.6 is 0 Å². The summed E-state index contributed by atoms with van der Waals surface area (Å²) in [6.45, 7) is 6.39. The van der Waals surface area contributed by atoms with E-state index in [1.807, 2.05) is 20.8 Å². The van der Waals surface area contributed by atoms with E-state index in [0.29, 0.717) is 17.9 Å². The van der Waals surface area contributed by atoms with Gasteiger partial charge in [-0.05, 0) is 38.5 Å². The fourth-order valence-electron chi connectivity index (χ4n) is 2.65. The first-order valence-electron chi connectivity index (χ1n) is 7.22. The zero-order valence-electron chi connectivity index (χ0n) is 13.6. The van der Waals surface area contributed by atoms with Gasteiger partial charge in [-0.2, -0.15) is 12.7 Å². The van der Waals surface area contributed by atoms with Crippen molar-refractivity contribution in [1.82, 2.24) is 4.31 Å². The molecule has 1 aliphatic heterocycles. The molecule has 0 amide bonds. The van der Waals surface area contributed by atoms with E-state index >= 15 is 0 Å². The third-order valence-corrected chi connectivity index (χ3v) is 4.98. The fourth-order valence-corrected chi connectivity index (χ4v) is 3.10. The maximum absolute atomic E-state index is 11.3. The van der Waals surface area contributed by atoms with E-state index in [1.165, 1.54) is 7.05 Å². The highest BCUT2D eigenvalue weighted by atomic mass is 32.2. The highest BCUT2D eigenvalue weighted by Gasteiger charge is 2.43. The average Bonchev–Trinajstić information content (AvgIpc) is 2.71. The van der Waals surface area contributed by atoms with Crippen molar-refractivity contribution in [3.63, 3.8) is 0 Å². The largest absolute Gasteiger partial charge is 0.464 e. The molecule has 2 atom stereocenters. The molecule has 1 aromatic carbocycles. The first-order chi connectivity index (χ1) is 10.6. The van der Waals surface area contributed by atoms with E-state index in [0.717, 1.165) is 9.87 Å². The van der Waals surface area contributed by atoms with Gasteiger partial charge in [-0.3, -0.25) is 4.55 Å². The lowest BCUT2D eigenvalue weighted by Gasteiger charge is -2.26. The van der Waals surface area contributed by atoms with Gasteiger partial charge in [0.15, 0.2) is 0 Å². The van der Waals surface area contributed by atoms with Gasteiger partial charge in [-0.1, -0.05) is 12.0 Å². The zero-order chi connectivity index (χ0) is 17.4. The lowest BCUT2D eigenvalue weighted by Crippen LogP contribution is -2.34. The van der Waals surface area contributed by atoms with Crippen LogP contribution in [-0.2, 0) is 20.5 Å². The molecule has 126 valence electrons. The fraction of sp³-hybridized carbons (Fsp3) is 0.500. The van der Waals surface area contributed by atoms with Gasteiger partial charge in [-0.25, -0.2) is 0 Å². The number of nitrogens with zero attached hydrogens (tertiary/aromatic N) is 1. The van der Waals surface area contributed by atoms with Crippen LogP contribution in [0.2, 0.25) is 0 Å². The first-order valence-corrected chi connectivity index (χ1v) is 8.61. The minimum absolute atomic E-state index is 0.406. The summed E-state index contributed by atoms with van der Waals surface area (Å²) in [4.78, 5) is 0. The summed E-state index contributed by atoms with van der Waals surface area (Å²) in [5, 5.41) is 0. The topological polar surface area (TPSA) is 76.1 Å². The SMILES string of the molecule is C#CC(c1ccc2c(c1)C(C)(C)C(OCC)O2)N(C)S(=O)(=O)O. The molecule has 0 saturated heterocycles. The molecular formula is C16H21NO5S. The van der Waals surface area contributed by atoms with Crippen molar-refractivity contribution in [3.8, 4) is 18.1 Å². The molecule has 0 aliphatic carbocycles. The maximum Gasteiger partial charge on any atom is 0.337 e. The minimum atomic E-state index is -4.39. The molecular weight excluding hydrogens is 318 g/mol. The molecule has 0 saturated carbocycles. The summed E-state index contributed by atoms with van der Waals surface area (Å²) >= 11 is 0. The van der Waals surface area contributed by atoms with Crippen LogP contribution < -0.4 is 4.74 Å². The van der Waals surface area contributed by atoms with Crippen LogP contribution in [0.15, 0.2) is 18.2 Å². The van der Waals surface area contributed by atoms with Gasteiger partial charge in [-0.15, -0.1) is 6.42 Å². The predicted molar refractivity (Wildman–Crippen MR) is 86.4 cm³/mol. The summed E-state index contributed by atoms with van der Waals surface area (Å²) in [7, 11) is -3.16. The second-order valence-corrected chi connectivity index (χ2v) is 7.42. The average molecular weight is 339 g/mol. The Hall–Kier alpha value is -1.59. The highest BCUT2D eigenvalue weighted by molar-refractivity contribution is 7.83. The molecule has 1 N–H and O–H groups in total. The second-order valence-electron chi connectivity index (χ2n) is 5.95. The number of terminal acetylenes is 1. The molecule has 0 radical (unpaired) electrons. The van der Waals surface area contributed by atoms with E-state index < -0.39 is 28.1 Å². The van der Waals surface area contributed by atoms with E-state index in [-0.39, 0.29) is 0 Å². The normalized spacial score (nSPS) is 20.7. The summed E-state index contributed by atoms with van der Waals surface area (Å²) < 4.78 is 44.1. The molecule has 0 spiro atoms. The lowest BCUT2D eigenvalue weighted by atomic mass is 9.84. The molecule has 0 fully saturated rings. The molecule has 1 aromatic rings. The molecule has 23 heavy (non-hydrogen) atoms. The lowest BCUT2D eigenvalue weighted by molar-refractivity contribution is -0.0981. The van der Waals surface area contributed by atoms with Crippen molar-refractivity contribution in [2.24, 2.45) is 0 Å². The smallest absolute Gasteiger partial charge is 0.337 e. The van der Waals surface area contributed by atoms with Gasteiger partial charge in [0.1, 0.15) is 11.8 Å². The van der Waals surface area contributed by atoms with E-state index in [9.17, 15) is 13.0 Å². The van der Waals surface area contributed by atoms with E-state index in [2.05, 4.69) is 5.92 Å². The third kappa shape index (κ3) is 3.21. The van der Waals surface area contributed by atoms with Crippen molar-refractivity contribution in [1.29, 1.82) is 0 Å². The van der Waals surface area contributed by atoms with Crippen molar-refractivity contribution in [3.05, 3.63) is 29.3 Å². The van der Waals surface area contributed by atoms with Gasteiger partial charge < -0.3 is 9.47 Å². The zero-order valence-corrected chi connectivity index (χ0v) is 14.4. The van der Waals surface area contributed by atoms with Gasteiger partial charge in [0, 0.05) is 19.2 Å². The van der Waals surface area contributed by atoms with Gasteiger partial charge in [0.25, 0.3) is 0 Å². The van der Waals surface area contributed by atoms with Crippen LogP contribution in [0.25, 0.3) is 0 Å². The number of rotatable bonds is 5. The second kappa shape index (κ2) is 6.13. The van der Waals surface area contributed by atoms with Crippen LogP contribution in [0.3, 0.4) is 0 Å². The maximum atomic E-state index is 11.3. The molecule has 1 heterocycles. The number of hydrogen-bond donors (Lipinski definition) is 1. The van der Waals surface area contributed by atoms with Crippen molar-refractivity contribution in [2.75, 3.05) is 13.7 Å². The Kier molecular flexibility index (Phi) is 4.74. The standard InChI is InChI=1S/C16H21NO5S/c1-6-13(17(5)23(18,19)20)11-8-9-14-12(10-11)16(3,4)15(22-14)21-7-2/h1,8-10,13,15H,7H2,2-5H3,(H,18,19,20). The molecule has 1 aliphatic rings. The molecule has 2 unspecified atom stereocenters. The van der Waals surface area contributed by atoms with Crippen molar-refractivity contribution >= 4 is 10.3 Å². The Balaban J connectivity index is 2.44. The van der Waals surface area contributed by atoms with E-state index in [1.54, 1.807) is 18.2 Å². The summed E-state index contributed by atoms with van der Waals surface area (Å²) in [6.07, 6.45) is 5.05. The quantitative estimate of drug-likeness (QED) is 0.657. The van der Waals surface area contributed by atoms with Crippen LogP contribution in [0.1, 0.15) is 37.9 Å². The van der Waals surface area contributed by atoms with E-state index in [4.69, 9.17) is 15.9 Å². The Morgan fingerprint density at radius 1 is 1.52 bits per heavy atom. The number of benzene rings is 1. The predicted octanol–water partition coefficient (Wildman–Crippen LogP) is 2.13. The Morgan fingerprint density at radius 3 is 2.70 bits per heavy atom. The van der Waals surface area contributed by atoms with Crippen LogP contribution in [0, 0.1) is 12.3 Å². The summed E-state index contributed by atoms with van der Waals surface area (Å²) in [5.74, 6) is 3.08. The first kappa shape index (κ1) is 17.8. The van der Waals surface area contributed by atoms with Gasteiger partial charge >= 0.3 is 10.3 Å². The summed E-state index contributed by atoms with van der Waals surface area (Å²) in [5.41, 5.74) is 1.06. The Bertz CT molecular complexity index is 735. The highest BCUT2D eigenvalue weighted by Crippen LogP contribution is 2.44. The number of ether oxygens (including phenoxy) is 2. The minimum Gasteiger partial charge on any atom is -0.464 e. The van der Waals surface area contributed by atoms with Gasteiger partial charge in [0.05, 0.1) is 5.41 Å². The molecule has 0 aromatic heterocycles. The third-order valence-electron chi connectivity index (χ3n) is 4.04.